The lowest BCUT2D eigenvalue weighted by Gasteiger charge is -2.08. The Morgan fingerprint density at radius 3 is 2.11 bits per heavy atom. The standard InChI is InChI=1S/C26H28O2/c1-27-25-13-8-20(9-14-25)7-12-23-18-24(23)17-21-10-15-26(16-11-21)28-19-22-5-3-2-4-6-22/h2-6,8-11,13-16,23-24H,7,12,17-19H2,1H3. The van der Waals surface area contributed by atoms with Crippen molar-refractivity contribution in [2.45, 2.75) is 32.3 Å². The lowest BCUT2D eigenvalue weighted by molar-refractivity contribution is 0.306. The average Bonchev–Trinajstić information content (AvgIpc) is 3.50. The van der Waals surface area contributed by atoms with Gasteiger partial charge in [0.05, 0.1) is 7.11 Å². The molecule has 1 fully saturated rings. The maximum absolute atomic E-state index is 5.88. The lowest BCUT2D eigenvalue weighted by atomic mass is 10.0. The molecule has 3 aromatic carbocycles. The highest BCUT2D eigenvalue weighted by Gasteiger charge is 2.35. The molecule has 0 amide bonds. The predicted molar refractivity (Wildman–Crippen MR) is 114 cm³/mol. The van der Waals surface area contributed by atoms with Crippen molar-refractivity contribution in [2.75, 3.05) is 7.11 Å². The van der Waals surface area contributed by atoms with Crippen LogP contribution in [-0.4, -0.2) is 7.11 Å². The molecule has 2 heteroatoms. The first-order valence-electron chi connectivity index (χ1n) is 10.2. The van der Waals surface area contributed by atoms with Crippen LogP contribution in [0.2, 0.25) is 0 Å². The Balaban J connectivity index is 1.20. The van der Waals surface area contributed by atoms with Crippen LogP contribution in [0.1, 0.15) is 29.5 Å². The summed E-state index contributed by atoms with van der Waals surface area (Å²) in [6.45, 7) is 0.621. The Kier molecular flexibility index (Phi) is 5.96. The normalized spacial score (nSPS) is 17.9. The Morgan fingerprint density at radius 1 is 0.714 bits per heavy atom. The summed E-state index contributed by atoms with van der Waals surface area (Å²) in [5.41, 5.74) is 4.03. The molecule has 4 rings (SSSR count). The molecule has 1 aliphatic rings. The van der Waals surface area contributed by atoms with Gasteiger partial charge in [0.2, 0.25) is 0 Å². The maximum atomic E-state index is 5.88. The quantitative estimate of drug-likeness (QED) is 0.453. The first-order chi connectivity index (χ1) is 13.8. The highest BCUT2D eigenvalue weighted by Crippen LogP contribution is 2.44. The van der Waals surface area contributed by atoms with Crippen molar-refractivity contribution in [1.82, 2.24) is 0 Å². The van der Waals surface area contributed by atoms with E-state index in [-0.39, 0.29) is 0 Å². The third-order valence-corrected chi connectivity index (χ3v) is 5.70. The van der Waals surface area contributed by atoms with E-state index in [2.05, 4.69) is 60.7 Å². The highest BCUT2D eigenvalue weighted by molar-refractivity contribution is 5.29. The van der Waals surface area contributed by atoms with Gasteiger partial charge in [-0.25, -0.2) is 0 Å². The van der Waals surface area contributed by atoms with Gasteiger partial charge in [-0.1, -0.05) is 54.6 Å². The summed E-state index contributed by atoms with van der Waals surface area (Å²) in [7, 11) is 1.71. The third kappa shape index (κ3) is 5.16. The van der Waals surface area contributed by atoms with Crippen molar-refractivity contribution in [3.8, 4) is 11.5 Å². The molecule has 0 heterocycles. The maximum Gasteiger partial charge on any atom is 0.119 e. The van der Waals surface area contributed by atoms with Crippen LogP contribution >= 0.6 is 0 Å². The summed E-state index contributed by atoms with van der Waals surface area (Å²) in [6.07, 6.45) is 5.00. The third-order valence-electron chi connectivity index (χ3n) is 5.70. The van der Waals surface area contributed by atoms with Gasteiger partial charge in [-0.2, -0.15) is 0 Å². The molecule has 0 radical (unpaired) electrons. The summed E-state index contributed by atoms with van der Waals surface area (Å²) < 4.78 is 11.1. The van der Waals surface area contributed by atoms with Gasteiger partial charge in [-0.15, -0.1) is 0 Å². The zero-order valence-electron chi connectivity index (χ0n) is 16.5. The number of aryl methyl sites for hydroxylation is 1. The van der Waals surface area contributed by atoms with Gasteiger partial charge in [-0.3, -0.25) is 0 Å². The van der Waals surface area contributed by atoms with E-state index < -0.39 is 0 Å². The zero-order valence-corrected chi connectivity index (χ0v) is 16.5. The van der Waals surface area contributed by atoms with Crippen molar-refractivity contribution in [2.24, 2.45) is 11.8 Å². The first kappa shape index (κ1) is 18.6. The van der Waals surface area contributed by atoms with Gasteiger partial charge in [0.15, 0.2) is 0 Å². The fraction of sp³-hybridized carbons (Fsp3) is 0.308. The van der Waals surface area contributed by atoms with Crippen LogP contribution in [0.3, 0.4) is 0 Å². The molecule has 3 aromatic rings. The van der Waals surface area contributed by atoms with Crippen LogP contribution in [0, 0.1) is 11.8 Å². The second kappa shape index (κ2) is 8.97. The summed E-state index contributed by atoms with van der Waals surface area (Å²) in [4.78, 5) is 0. The van der Waals surface area contributed by atoms with E-state index >= 15 is 0 Å². The number of rotatable bonds is 9. The van der Waals surface area contributed by atoms with Crippen LogP contribution in [-0.2, 0) is 19.4 Å². The Morgan fingerprint density at radius 2 is 1.39 bits per heavy atom. The van der Waals surface area contributed by atoms with Crippen molar-refractivity contribution in [1.29, 1.82) is 0 Å². The van der Waals surface area contributed by atoms with Crippen LogP contribution in [0.15, 0.2) is 78.9 Å². The van der Waals surface area contributed by atoms with Gasteiger partial charge in [0.1, 0.15) is 18.1 Å². The molecule has 0 N–H and O–H groups in total. The zero-order chi connectivity index (χ0) is 19.2. The summed E-state index contributed by atoms with van der Waals surface area (Å²) in [5.74, 6) is 3.59. The molecule has 1 aliphatic carbocycles. The van der Waals surface area contributed by atoms with Crippen molar-refractivity contribution in [3.05, 3.63) is 95.6 Å². The fourth-order valence-corrected chi connectivity index (χ4v) is 3.82. The smallest absolute Gasteiger partial charge is 0.119 e. The van der Waals surface area contributed by atoms with Gasteiger partial charge in [0, 0.05) is 0 Å². The highest BCUT2D eigenvalue weighted by atomic mass is 16.5. The van der Waals surface area contributed by atoms with Gasteiger partial charge in [-0.05, 0) is 78.5 Å². The SMILES string of the molecule is COc1ccc(CCC2CC2Cc2ccc(OCc3ccccc3)cc2)cc1. The Labute approximate surface area is 168 Å². The number of hydrogen-bond acceptors (Lipinski definition) is 2. The lowest BCUT2D eigenvalue weighted by Crippen LogP contribution is -1.96. The van der Waals surface area contributed by atoms with Gasteiger partial charge < -0.3 is 9.47 Å². The van der Waals surface area contributed by atoms with E-state index in [1.165, 1.54) is 36.0 Å². The van der Waals surface area contributed by atoms with E-state index in [1.54, 1.807) is 7.11 Å². The largest absolute Gasteiger partial charge is 0.497 e. The molecule has 0 bridgehead atoms. The molecule has 0 aromatic heterocycles. The van der Waals surface area contributed by atoms with E-state index in [4.69, 9.17) is 9.47 Å². The average molecular weight is 373 g/mol. The van der Waals surface area contributed by atoms with Crippen LogP contribution in [0.4, 0.5) is 0 Å². The Bertz CT molecular complexity index is 853. The molecular formula is C26H28O2. The molecule has 28 heavy (non-hydrogen) atoms. The van der Waals surface area contributed by atoms with Crippen molar-refractivity contribution < 1.29 is 9.47 Å². The van der Waals surface area contributed by atoms with Crippen molar-refractivity contribution >= 4 is 0 Å². The molecule has 0 aliphatic heterocycles. The minimum absolute atomic E-state index is 0.621. The molecule has 0 spiro atoms. The minimum atomic E-state index is 0.621. The molecule has 2 atom stereocenters. The summed E-state index contributed by atoms with van der Waals surface area (Å²) in [5, 5.41) is 0. The minimum Gasteiger partial charge on any atom is -0.497 e. The molecular weight excluding hydrogens is 344 g/mol. The molecule has 2 unspecified atom stereocenters. The summed E-state index contributed by atoms with van der Waals surface area (Å²) in [6, 6.07) is 27.4. The number of methoxy groups -OCH3 is 1. The number of benzene rings is 3. The molecule has 0 saturated heterocycles. The van der Waals surface area contributed by atoms with Crippen molar-refractivity contribution in [3.63, 3.8) is 0 Å². The van der Waals surface area contributed by atoms with E-state index in [0.29, 0.717) is 6.61 Å². The van der Waals surface area contributed by atoms with Gasteiger partial charge >= 0.3 is 0 Å². The van der Waals surface area contributed by atoms with E-state index in [9.17, 15) is 0 Å². The molecule has 1 saturated carbocycles. The first-order valence-corrected chi connectivity index (χ1v) is 10.2. The number of ether oxygens (including phenoxy) is 2. The predicted octanol–water partition coefficient (Wildman–Crippen LogP) is 6.09. The molecule has 144 valence electrons. The number of hydrogen-bond donors (Lipinski definition) is 0. The second-order valence-corrected chi connectivity index (χ2v) is 7.76. The van der Waals surface area contributed by atoms with Crippen LogP contribution in [0.25, 0.3) is 0 Å². The monoisotopic (exact) mass is 372 g/mol. The summed E-state index contributed by atoms with van der Waals surface area (Å²) >= 11 is 0. The second-order valence-electron chi connectivity index (χ2n) is 7.76. The Hall–Kier alpha value is -2.74. The van der Waals surface area contributed by atoms with E-state index in [1.807, 2.05) is 18.2 Å². The fourth-order valence-electron chi connectivity index (χ4n) is 3.82. The van der Waals surface area contributed by atoms with Crippen LogP contribution in [0.5, 0.6) is 11.5 Å². The van der Waals surface area contributed by atoms with Crippen LogP contribution < -0.4 is 9.47 Å². The topological polar surface area (TPSA) is 18.5 Å². The van der Waals surface area contributed by atoms with E-state index in [0.717, 1.165) is 29.8 Å². The molecule has 2 nitrogen and oxygen atoms in total. The van der Waals surface area contributed by atoms with Gasteiger partial charge in [0.25, 0.3) is 0 Å².